The fourth-order valence-electron chi connectivity index (χ4n) is 3.33. The molecule has 9 nitrogen and oxygen atoms in total. The van der Waals surface area contributed by atoms with Crippen LogP contribution in [0.25, 0.3) is 0 Å². The number of halogens is 1. The van der Waals surface area contributed by atoms with Crippen LogP contribution in [-0.2, 0) is 6.54 Å². The number of carbonyl (C=O) groups is 2. The molecule has 3 heterocycles. The molecule has 3 aromatic rings. The lowest BCUT2D eigenvalue weighted by atomic mass is 10.2. The molecule has 1 aliphatic heterocycles. The standard InChI is InChI=1S/C22H20FN5O4S/c23-14-6-4-13(5-7-14)11-25-20(30)17-18(29)21(31)27-19(26-17)16-12-33-10-9-28(16)22(32)15-3-1-2-8-24-15/h1-8,16,29H,9-12H2,(H,25,30)(H,26,27,31). The highest BCUT2D eigenvalue weighted by molar-refractivity contribution is 7.99. The monoisotopic (exact) mass is 469 g/mol. The first-order valence-corrected chi connectivity index (χ1v) is 11.2. The van der Waals surface area contributed by atoms with E-state index < -0.39 is 35.1 Å². The summed E-state index contributed by atoms with van der Waals surface area (Å²) >= 11 is 1.58. The Morgan fingerprint density at radius 1 is 1.15 bits per heavy atom. The van der Waals surface area contributed by atoms with Gasteiger partial charge in [0.2, 0.25) is 5.75 Å². The van der Waals surface area contributed by atoms with Crippen LogP contribution in [0.3, 0.4) is 0 Å². The van der Waals surface area contributed by atoms with E-state index in [2.05, 4.69) is 20.3 Å². The zero-order valence-corrected chi connectivity index (χ0v) is 18.1. The van der Waals surface area contributed by atoms with Gasteiger partial charge in [0.25, 0.3) is 17.7 Å². The number of hydrogen-bond donors (Lipinski definition) is 3. The number of pyridine rings is 1. The Balaban J connectivity index is 1.58. The number of aromatic nitrogens is 3. The van der Waals surface area contributed by atoms with Gasteiger partial charge < -0.3 is 20.4 Å². The van der Waals surface area contributed by atoms with Gasteiger partial charge in [0.05, 0.1) is 0 Å². The summed E-state index contributed by atoms with van der Waals surface area (Å²) in [6.07, 6.45) is 1.52. The first-order chi connectivity index (χ1) is 15.9. The molecule has 2 amide bonds. The molecular weight excluding hydrogens is 449 g/mol. The summed E-state index contributed by atoms with van der Waals surface area (Å²) in [5.41, 5.74) is 0.480. The molecule has 1 aromatic carbocycles. The first kappa shape index (κ1) is 22.5. The lowest BCUT2D eigenvalue weighted by molar-refractivity contribution is 0.0687. The SMILES string of the molecule is O=C(NCc1ccc(F)cc1)c1nc(C2CSCCN2C(=O)c2ccccn2)nc(O)c1O. The number of nitrogens with zero attached hydrogens (tertiary/aromatic N) is 4. The Morgan fingerprint density at radius 2 is 1.94 bits per heavy atom. The number of hydrogen-bond acceptors (Lipinski definition) is 8. The number of nitrogens with one attached hydrogen (secondary N) is 1. The van der Waals surface area contributed by atoms with Crippen LogP contribution in [0.1, 0.15) is 38.4 Å². The van der Waals surface area contributed by atoms with Crippen molar-refractivity contribution in [3.63, 3.8) is 0 Å². The zero-order chi connectivity index (χ0) is 23.4. The van der Waals surface area contributed by atoms with Gasteiger partial charge in [-0.1, -0.05) is 18.2 Å². The number of aromatic hydroxyl groups is 2. The number of thioether (sulfide) groups is 1. The minimum absolute atomic E-state index is 0.0358. The molecule has 33 heavy (non-hydrogen) atoms. The van der Waals surface area contributed by atoms with Gasteiger partial charge in [0.1, 0.15) is 17.6 Å². The minimum Gasteiger partial charge on any atom is -0.501 e. The smallest absolute Gasteiger partial charge is 0.274 e. The molecule has 0 aliphatic carbocycles. The van der Waals surface area contributed by atoms with Gasteiger partial charge in [-0.2, -0.15) is 16.7 Å². The maximum atomic E-state index is 13.1. The molecule has 2 aromatic heterocycles. The second kappa shape index (κ2) is 9.82. The molecule has 1 fully saturated rings. The highest BCUT2D eigenvalue weighted by Gasteiger charge is 2.33. The predicted molar refractivity (Wildman–Crippen MR) is 118 cm³/mol. The van der Waals surface area contributed by atoms with Crippen LogP contribution in [0.5, 0.6) is 11.6 Å². The number of rotatable bonds is 5. The van der Waals surface area contributed by atoms with E-state index in [4.69, 9.17) is 0 Å². The van der Waals surface area contributed by atoms with Crippen LogP contribution in [0.2, 0.25) is 0 Å². The molecule has 170 valence electrons. The maximum Gasteiger partial charge on any atom is 0.274 e. The average Bonchev–Trinajstić information content (AvgIpc) is 2.85. The first-order valence-electron chi connectivity index (χ1n) is 10.1. The predicted octanol–water partition coefficient (Wildman–Crippen LogP) is 2.28. The summed E-state index contributed by atoms with van der Waals surface area (Å²) < 4.78 is 13.1. The Kier molecular flexibility index (Phi) is 6.68. The summed E-state index contributed by atoms with van der Waals surface area (Å²) in [6.45, 7) is 0.462. The van der Waals surface area contributed by atoms with Crippen molar-refractivity contribution in [3.05, 3.63) is 77.3 Å². The van der Waals surface area contributed by atoms with Crippen LogP contribution in [-0.4, -0.2) is 59.9 Å². The van der Waals surface area contributed by atoms with Crippen LogP contribution in [0, 0.1) is 5.82 Å². The molecule has 1 unspecified atom stereocenters. The zero-order valence-electron chi connectivity index (χ0n) is 17.3. The number of amides is 2. The molecule has 4 rings (SSSR count). The maximum absolute atomic E-state index is 13.1. The van der Waals surface area contributed by atoms with Gasteiger partial charge >= 0.3 is 0 Å². The Morgan fingerprint density at radius 3 is 2.67 bits per heavy atom. The number of carbonyl (C=O) groups excluding carboxylic acids is 2. The molecule has 0 spiro atoms. The minimum atomic E-state index is -0.763. The van der Waals surface area contributed by atoms with Crippen LogP contribution < -0.4 is 5.32 Å². The van der Waals surface area contributed by atoms with Crippen molar-refractivity contribution in [1.82, 2.24) is 25.2 Å². The second-order valence-electron chi connectivity index (χ2n) is 7.22. The molecule has 3 N–H and O–H groups in total. The molecule has 0 saturated carbocycles. The van der Waals surface area contributed by atoms with Crippen molar-refractivity contribution in [2.45, 2.75) is 12.6 Å². The molecule has 0 bridgehead atoms. The van der Waals surface area contributed by atoms with Gasteiger partial charge in [0, 0.05) is 30.8 Å². The average molecular weight is 469 g/mol. The molecule has 1 aliphatic rings. The third-order valence-electron chi connectivity index (χ3n) is 5.04. The normalized spacial score (nSPS) is 15.8. The Hall–Kier alpha value is -3.73. The van der Waals surface area contributed by atoms with Crippen molar-refractivity contribution in [1.29, 1.82) is 0 Å². The van der Waals surface area contributed by atoms with Gasteiger partial charge in [-0.15, -0.1) is 0 Å². The van der Waals surface area contributed by atoms with E-state index in [0.29, 0.717) is 23.6 Å². The molecule has 1 saturated heterocycles. The van der Waals surface area contributed by atoms with Crippen LogP contribution in [0.15, 0.2) is 48.7 Å². The van der Waals surface area contributed by atoms with Gasteiger partial charge in [-0.3, -0.25) is 14.6 Å². The fraction of sp³-hybridized carbons (Fsp3) is 0.227. The summed E-state index contributed by atoms with van der Waals surface area (Å²) in [5.74, 6) is -1.81. The fourth-order valence-corrected chi connectivity index (χ4v) is 4.38. The molecule has 1 atom stereocenters. The largest absolute Gasteiger partial charge is 0.501 e. The van der Waals surface area contributed by atoms with E-state index in [1.165, 1.54) is 30.5 Å². The van der Waals surface area contributed by atoms with Crippen molar-refractivity contribution < 1.29 is 24.2 Å². The van der Waals surface area contributed by atoms with Gasteiger partial charge in [-0.05, 0) is 29.8 Å². The van der Waals surface area contributed by atoms with E-state index in [1.54, 1.807) is 34.9 Å². The van der Waals surface area contributed by atoms with E-state index in [9.17, 15) is 24.2 Å². The van der Waals surface area contributed by atoms with E-state index in [0.717, 1.165) is 0 Å². The second-order valence-corrected chi connectivity index (χ2v) is 8.37. The Labute approximate surface area is 192 Å². The highest BCUT2D eigenvalue weighted by Crippen LogP contribution is 2.33. The molecule has 0 radical (unpaired) electrons. The van der Waals surface area contributed by atoms with E-state index >= 15 is 0 Å². The number of benzene rings is 1. The van der Waals surface area contributed by atoms with Gasteiger partial charge in [0.15, 0.2) is 11.5 Å². The van der Waals surface area contributed by atoms with Crippen molar-refractivity contribution in [3.8, 4) is 11.6 Å². The summed E-state index contributed by atoms with van der Waals surface area (Å²) in [6, 6.07) is 9.94. The summed E-state index contributed by atoms with van der Waals surface area (Å²) in [7, 11) is 0. The highest BCUT2D eigenvalue weighted by atomic mass is 32.2. The molecule has 11 heteroatoms. The van der Waals surface area contributed by atoms with Crippen molar-refractivity contribution in [2.75, 3.05) is 18.1 Å². The lowest BCUT2D eigenvalue weighted by Crippen LogP contribution is -2.42. The Bertz CT molecular complexity index is 1160. The third kappa shape index (κ3) is 5.03. The third-order valence-corrected chi connectivity index (χ3v) is 6.06. The van der Waals surface area contributed by atoms with Gasteiger partial charge in [-0.25, -0.2) is 9.37 Å². The van der Waals surface area contributed by atoms with Crippen molar-refractivity contribution in [2.24, 2.45) is 0 Å². The van der Waals surface area contributed by atoms with E-state index in [-0.39, 0.29) is 24.0 Å². The van der Waals surface area contributed by atoms with Crippen molar-refractivity contribution >= 4 is 23.6 Å². The topological polar surface area (TPSA) is 129 Å². The molecular formula is C22H20FN5O4S. The van der Waals surface area contributed by atoms with E-state index in [1.807, 2.05) is 0 Å². The quantitative estimate of drug-likeness (QED) is 0.519. The summed E-state index contributed by atoms with van der Waals surface area (Å²) in [5, 5.41) is 22.9. The van der Waals surface area contributed by atoms with Crippen LogP contribution >= 0.6 is 11.8 Å². The lowest BCUT2D eigenvalue weighted by Gasteiger charge is -2.34. The summed E-state index contributed by atoms with van der Waals surface area (Å²) in [4.78, 5) is 39.5. The van der Waals surface area contributed by atoms with Crippen LogP contribution in [0.4, 0.5) is 4.39 Å².